The first kappa shape index (κ1) is 18.5. The Kier molecular flexibility index (Phi) is 6.31. The predicted molar refractivity (Wildman–Crippen MR) is 96.5 cm³/mol. The molecule has 3 nitrogen and oxygen atoms in total. The van der Waals surface area contributed by atoms with Crippen molar-refractivity contribution in [3.8, 4) is 0 Å². The Labute approximate surface area is 153 Å². The van der Waals surface area contributed by atoms with E-state index in [1.807, 2.05) is 17.0 Å². The minimum atomic E-state index is -0.546. The second-order valence-electron chi connectivity index (χ2n) is 6.98. The summed E-state index contributed by atoms with van der Waals surface area (Å²) in [5.74, 6) is -0.474. The van der Waals surface area contributed by atoms with Crippen molar-refractivity contribution in [2.75, 3.05) is 13.1 Å². The largest absolute Gasteiger partial charge is 0.342 e. The van der Waals surface area contributed by atoms with Crippen LogP contribution >= 0.6 is 0 Å². The molecule has 0 bridgehead atoms. The van der Waals surface area contributed by atoms with Gasteiger partial charge in [-0.3, -0.25) is 9.78 Å². The van der Waals surface area contributed by atoms with Gasteiger partial charge in [0.1, 0.15) is 11.6 Å². The number of aromatic nitrogens is 1. The number of likely N-dealkylation sites (tertiary alicyclic amines) is 1. The number of aryl methyl sites for hydroxylation is 2. The first-order valence-electron chi connectivity index (χ1n) is 9.22. The maximum atomic E-state index is 13.8. The molecular formula is C21H24F2N2O. The molecule has 1 aliphatic heterocycles. The number of piperidine rings is 1. The molecule has 2 aromatic rings. The predicted octanol–water partition coefficient (Wildman–Crippen LogP) is 4.16. The van der Waals surface area contributed by atoms with Crippen LogP contribution in [-0.4, -0.2) is 28.9 Å². The van der Waals surface area contributed by atoms with Crippen LogP contribution in [0.25, 0.3) is 0 Å². The fourth-order valence-electron chi connectivity index (χ4n) is 3.57. The van der Waals surface area contributed by atoms with Crippen LogP contribution in [-0.2, 0) is 17.6 Å². The Balaban J connectivity index is 1.48. The van der Waals surface area contributed by atoms with E-state index in [2.05, 4.69) is 4.98 Å². The monoisotopic (exact) mass is 358 g/mol. The minimum absolute atomic E-state index is 0.180. The lowest BCUT2D eigenvalue weighted by molar-refractivity contribution is -0.133. The third-order valence-corrected chi connectivity index (χ3v) is 5.09. The molecule has 1 atom stereocenters. The number of halogens is 2. The van der Waals surface area contributed by atoms with Crippen LogP contribution in [0.3, 0.4) is 0 Å². The van der Waals surface area contributed by atoms with E-state index in [-0.39, 0.29) is 5.91 Å². The van der Waals surface area contributed by atoms with E-state index in [1.165, 1.54) is 12.1 Å². The summed E-state index contributed by atoms with van der Waals surface area (Å²) in [5, 5.41) is 0. The SMILES string of the molecule is O=C(CCc1ccncc1)N1CCC[C@@H](CCc2ccc(F)cc2F)C1. The van der Waals surface area contributed by atoms with Gasteiger partial charge < -0.3 is 4.90 Å². The van der Waals surface area contributed by atoms with Crippen LogP contribution in [0.1, 0.15) is 36.8 Å². The van der Waals surface area contributed by atoms with E-state index >= 15 is 0 Å². The molecule has 0 N–H and O–H groups in total. The summed E-state index contributed by atoms with van der Waals surface area (Å²) < 4.78 is 26.8. The molecule has 0 aliphatic carbocycles. The second kappa shape index (κ2) is 8.88. The van der Waals surface area contributed by atoms with Gasteiger partial charge in [0, 0.05) is 38.0 Å². The third kappa shape index (κ3) is 5.10. The van der Waals surface area contributed by atoms with Gasteiger partial charge in [0.2, 0.25) is 5.91 Å². The van der Waals surface area contributed by atoms with Crippen molar-refractivity contribution in [3.05, 3.63) is 65.5 Å². The van der Waals surface area contributed by atoms with E-state index in [0.29, 0.717) is 24.3 Å². The summed E-state index contributed by atoms with van der Waals surface area (Å²) in [6.07, 6.45) is 8.14. The average molecular weight is 358 g/mol. The van der Waals surface area contributed by atoms with E-state index in [0.717, 1.165) is 50.4 Å². The lowest BCUT2D eigenvalue weighted by Crippen LogP contribution is -2.40. The Morgan fingerprint density at radius 1 is 1.15 bits per heavy atom. The zero-order valence-corrected chi connectivity index (χ0v) is 14.8. The zero-order valence-electron chi connectivity index (χ0n) is 14.8. The van der Waals surface area contributed by atoms with Crippen molar-refractivity contribution in [2.45, 2.75) is 38.5 Å². The standard InChI is InChI=1S/C21H24F2N2O/c22-19-7-6-18(20(23)14-19)5-3-17-2-1-13-25(15-17)21(26)8-4-16-9-11-24-12-10-16/h6-7,9-12,14,17H,1-5,8,13,15H2/t17-/m0/s1. The number of pyridine rings is 1. The van der Waals surface area contributed by atoms with E-state index in [4.69, 9.17) is 0 Å². The molecule has 1 saturated heterocycles. The molecule has 26 heavy (non-hydrogen) atoms. The maximum Gasteiger partial charge on any atom is 0.222 e. The van der Waals surface area contributed by atoms with Gasteiger partial charge in [-0.2, -0.15) is 0 Å². The van der Waals surface area contributed by atoms with Crippen molar-refractivity contribution in [2.24, 2.45) is 5.92 Å². The molecule has 1 aliphatic rings. The van der Waals surface area contributed by atoms with E-state index in [9.17, 15) is 13.6 Å². The minimum Gasteiger partial charge on any atom is -0.342 e. The zero-order chi connectivity index (χ0) is 18.4. The van der Waals surface area contributed by atoms with Crippen LogP contribution in [0.5, 0.6) is 0 Å². The van der Waals surface area contributed by atoms with Gasteiger partial charge in [-0.25, -0.2) is 8.78 Å². The molecule has 1 aromatic heterocycles. The summed E-state index contributed by atoms with van der Waals surface area (Å²) in [4.78, 5) is 18.4. The van der Waals surface area contributed by atoms with E-state index < -0.39 is 11.6 Å². The molecule has 138 valence electrons. The molecule has 0 spiro atoms. The number of amides is 1. The van der Waals surface area contributed by atoms with Crippen LogP contribution in [0.15, 0.2) is 42.7 Å². The van der Waals surface area contributed by atoms with Gasteiger partial charge in [-0.15, -0.1) is 0 Å². The quantitative estimate of drug-likeness (QED) is 0.777. The fourth-order valence-corrected chi connectivity index (χ4v) is 3.57. The highest BCUT2D eigenvalue weighted by molar-refractivity contribution is 5.76. The van der Waals surface area contributed by atoms with Gasteiger partial charge in [0.05, 0.1) is 0 Å². The van der Waals surface area contributed by atoms with Crippen molar-refractivity contribution in [1.82, 2.24) is 9.88 Å². The van der Waals surface area contributed by atoms with Crippen LogP contribution < -0.4 is 0 Å². The Bertz CT molecular complexity index is 736. The highest BCUT2D eigenvalue weighted by Gasteiger charge is 2.23. The average Bonchev–Trinajstić information content (AvgIpc) is 2.66. The summed E-state index contributed by atoms with van der Waals surface area (Å²) in [7, 11) is 0. The molecule has 1 fully saturated rings. The number of carbonyl (C=O) groups excluding carboxylic acids is 1. The highest BCUT2D eigenvalue weighted by atomic mass is 19.1. The summed E-state index contributed by atoms with van der Waals surface area (Å²) >= 11 is 0. The topological polar surface area (TPSA) is 33.2 Å². The number of rotatable bonds is 6. The molecule has 1 amide bonds. The normalized spacial score (nSPS) is 17.3. The molecule has 3 rings (SSSR count). The number of hydrogen-bond acceptors (Lipinski definition) is 2. The Morgan fingerprint density at radius 3 is 2.73 bits per heavy atom. The van der Waals surface area contributed by atoms with Gasteiger partial charge >= 0.3 is 0 Å². The smallest absolute Gasteiger partial charge is 0.222 e. The number of benzene rings is 1. The fraction of sp³-hybridized carbons (Fsp3) is 0.429. The molecule has 0 unspecified atom stereocenters. The molecule has 0 radical (unpaired) electrons. The number of hydrogen-bond donors (Lipinski definition) is 0. The molecule has 1 aromatic carbocycles. The maximum absolute atomic E-state index is 13.8. The van der Waals surface area contributed by atoms with Crippen LogP contribution in [0.2, 0.25) is 0 Å². The highest BCUT2D eigenvalue weighted by Crippen LogP contribution is 2.23. The summed E-state index contributed by atoms with van der Waals surface area (Å²) in [6, 6.07) is 7.62. The molecule has 2 heterocycles. The summed E-state index contributed by atoms with van der Waals surface area (Å²) in [5.41, 5.74) is 1.67. The van der Waals surface area contributed by atoms with Gasteiger partial charge in [0.15, 0.2) is 0 Å². The molecule has 0 saturated carbocycles. The second-order valence-corrected chi connectivity index (χ2v) is 6.98. The van der Waals surface area contributed by atoms with Gasteiger partial charge in [-0.1, -0.05) is 6.07 Å². The lowest BCUT2D eigenvalue weighted by atomic mass is 9.91. The van der Waals surface area contributed by atoms with E-state index in [1.54, 1.807) is 12.4 Å². The summed E-state index contributed by atoms with van der Waals surface area (Å²) in [6.45, 7) is 1.54. The van der Waals surface area contributed by atoms with Crippen molar-refractivity contribution < 1.29 is 13.6 Å². The first-order valence-corrected chi connectivity index (χ1v) is 9.22. The van der Waals surface area contributed by atoms with Gasteiger partial charge in [0.25, 0.3) is 0 Å². The number of carbonyl (C=O) groups is 1. The van der Waals surface area contributed by atoms with Crippen molar-refractivity contribution >= 4 is 5.91 Å². The molecule has 5 heteroatoms. The third-order valence-electron chi connectivity index (χ3n) is 5.09. The first-order chi connectivity index (χ1) is 12.6. The Morgan fingerprint density at radius 2 is 1.96 bits per heavy atom. The van der Waals surface area contributed by atoms with Crippen LogP contribution in [0, 0.1) is 17.6 Å². The van der Waals surface area contributed by atoms with Crippen molar-refractivity contribution in [3.63, 3.8) is 0 Å². The number of nitrogens with zero attached hydrogens (tertiary/aromatic N) is 2. The lowest BCUT2D eigenvalue weighted by Gasteiger charge is -2.33. The Hall–Kier alpha value is -2.30. The van der Waals surface area contributed by atoms with Crippen LogP contribution in [0.4, 0.5) is 8.78 Å². The van der Waals surface area contributed by atoms with Gasteiger partial charge in [-0.05, 0) is 67.3 Å². The molecular weight excluding hydrogens is 334 g/mol. The van der Waals surface area contributed by atoms with Crippen molar-refractivity contribution in [1.29, 1.82) is 0 Å².